The second-order valence-electron chi connectivity index (χ2n) is 4.85. The average Bonchev–Trinajstić information content (AvgIpc) is 3.23. The number of rotatable bonds is 6. The Kier molecular flexibility index (Phi) is 5.70. The van der Waals surface area contributed by atoms with Gasteiger partial charge in [0.05, 0.1) is 10.8 Å². The molecule has 5 nitrogen and oxygen atoms in total. The van der Waals surface area contributed by atoms with Crippen LogP contribution in [0.1, 0.15) is 17.4 Å². The number of halogens is 1. The van der Waals surface area contributed by atoms with Crippen molar-refractivity contribution in [3.8, 4) is 10.6 Å². The molecule has 0 aliphatic heterocycles. The highest BCUT2D eigenvalue weighted by molar-refractivity contribution is 9.10. The maximum atomic E-state index is 12.8. The Balaban J connectivity index is 1.92. The summed E-state index contributed by atoms with van der Waals surface area (Å²) in [4.78, 5) is 13.8. The van der Waals surface area contributed by atoms with E-state index in [1.807, 2.05) is 41.8 Å². The van der Waals surface area contributed by atoms with E-state index in [1.54, 1.807) is 27.8 Å². The normalized spacial score (nSPS) is 10.8. The van der Waals surface area contributed by atoms with Gasteiger partial charge < -0.3 is 5.32 Å². The molecule has 0 bridgehead atoms. The van der Waals surface area contributed by atoms with E-state index < -0.39 is 0 Å². The first-order chi connectivity index (χ1) is 11.7. The molecule has 0 radical (unpaired) electrons. The molecule has 2 heterocycles. The van der Waals surface area contributed by atoms with E-state index in [-0.39, 0.29) is 5.91 Å². The fraction of sp³-hybridized carbons (Fsp3) is 0.188. The van der Waals surface area contributed by atoms with Gasteiger partial charge in [0.1, 0.15) is 5.69 Å². The first-order valence-corrected chi connectivity index (χ1v) is 10.1. The van der Waals surface area contributed by atoms with Crippen LogP contribution in [0.2, 0.25) is 0 Å². The number of hydrogen-bond donors (Lipinski definition) is 1. The predicted octanol–water partition coefficient (Wildman–Crippen LogP) is 4.73. The number of anilines is 1. The topological polar surface area (TPSA) is 59.8 Å². The fourth-order valence-corrected chi connectivity index (χ4v) is 3.62. The van der Waals surface area contributed by atoms with E-state index >= 15 is 0 Å². The Labute approximate surface area is 156 Å². The fourth-order valence-electron chi connectivity index (χ4n) is 2.11. The lowest BCUT2D eigenvalue weighted by Gasteiger charge is -2.08. The SMILES string of the molecule is CCSCn1nnc(-c2cccs2)c1C(=O)Nc1ccc(Br)cc1. The van der Waals surface area contributed by atoms with Crippen LogP contribution in [0, 0.1) is 0 Å². The molecule has 0 atom stereocenters. The molecule has 3 aromatic rings. The zero-order valence-corrected chi connectivity index (χ0v) is 16.1. The van der Waals surface area contributed by atoms with Crippen molar-refractivity contribution in [2.75, 3.05) is 11.1 Å². The van der Waals surface area contributed by atoms with Gasteiger partial charge in [-0.3, -0.25) is 4.79 Å². The molecule has 0 saturated heterocycles. The summed E-state index contributed by atoms with van der Waals surface area (Å²) < 4.78 is 2.63. The lowest BCUT2D eigenvalue weighted by Crippen LogP contribution is -2.18. The Morgan fingerprint density at radius 2 is 2.12 bits per heavy atom. The highest BCUT2D eigenvalue weighted by Crippen LogP contribution is 2.27. The van der Waals surface area contributed by atoms with Crippen molar-refractivity contribution < 1.29 is 4.79 Å². The molecule has 8 heteroatoms. The molecule has 1 amide bonds. The van der Waals surface area contributed by atoms with Gasteiger partial charge in [-0.2, -0.15) is 0 Å². The van der Waals surface area contributed by atoms with Crippen LogP contribution in [0.3, 0.4) is 0 Å². The van der Waals surface area contributed by atoms with Crippen molar-refractivity contribution in [2.24, 2.45) is 0 Å². The van der Waals surface area contributed by atoms with Crippen LogP contribution >= 0.6 is 39.0 Å². The monoisotopic (exact) mass is 422 g/mol. The quantitative estimate of drug-likeness (QED) is 0.623. The lowest BCUT2D eigenvalue weighted by atomic mass is 10.2. The zero-order valence-electron chi connectivity index (χ0n) is 12.9. The molecule has 0 spiro atoms. The number of hydrogen-bond acceptors (Lipinski definition) is 5. The van der Waals surface area contributed by atoms with Crippen molar-refractivity contribution in [1.82, 2.24) is 15.0 Å². The van der Waals surface area contributed by atoms with Crippen LogP contribution in [0.4, 0.5) is 5.69 Å². The van der Waals surface area contributed by atoms with Crippen LogP contribution in [-0.2, 0) is 5.88 Å². The minimum absolute atomic E-state index is 0.206. The molecule has 3 rings (SSSR count). The first kappa shape index (κ1) is 17.2. The van der Waals surface area contributed by atoms with E-state index in [0.717, 1.165) is 20.8 Å². The largest absolute Gasteiger partial charge is 0.321 e. The molecule has 0 fully saturated rings. The maximum absolute atomic E-state index is 12.8. The van der Waals surface area contributed by atoms with Gasteiger partial charge in [0.15, 0.2) is 5.69 Å². The smallest absolute Gasteiger partial charge is 0.276 e. The van der Waals surface area contributed by atoms with Crippen LogP contribution in [-0.4, -0.2) is 26.7 Å². The summed E-state index contributed by atoms with van der Waals surface area (Å²) in [7, 11) is 0. The second-order valence-corrected chi connectivity index (χ2v) is 7.95. The van der Waals surface area contributed by atoms with Gasteiger partial charge in [0, 0.05) is 10.2 Å². The summed E-state index contributed by atoms with van der Waals surface area (Å²) in [5, 5.41) is 13.3. The van der Waals surface area contributed by atoms with E-state index in [2.05, 4.69) is 38.5 Å². The number of benzene rings is 1. The summed E-state index contributed by atoms with van der Waals surface area (Å²) >= 11 is 6.62. The molecular weight excluding hydrogens is 408 g/mol. The second kappa shape index (κ2) is 7.96. The van der Waals surface area contributed by atoms with Gasteiger partial charge in [-0.15, -0.1) is 28.2 Å². The van der Waals surface area contributed by atoms with Crippen LogP contribution in [0.25, 0.3) is 10.6 Å². The zero-order chi connectivity index (χ0) is 16.9. The Bertz CT molecular complexity index is 815. The van der Waals surface area contributed by atoms with Crippen molar-refractivity contribution in [3.63, 3.8) is 0 Å². The Hall–Kier alpha value is -1.64. The molecule has 24 heavy (non-hydrogen) atoms. The summed E-state index contributed by atoms with van der Waals surface area (Å²) in [6.07, 6.45) is 0. The molecule has 0 aliphatic carbocycles. The lowest BCUT2D eigenvalue weighted by molar-refractivity contribution is 0.101. The molecule has 0 aliphatic rings. The van der Waals surface area contributed by atoms with Gasteiger partial charge in [0.25, 0.3) is 5.91 Å². The minimum Gasteiger partial charge on any atom is -0.321 e. The standard InChI is InChI=1S/C16H15BrN4OS2/c1-2-23-10-21-15(14(19-20-21)13-4-3-9-24-13)16(22)18-12-7-5-11(17)6-8-12/h3-9H,2,10H2,1H3,(H,18,22). The molecule has 2 aromatic heterocycles. The van der Waals surface area contributed by atoms with Crippen LogP contribution in [0.15, 0.2) is 46.3 Å². The number of thioether (sulfide) groups is 1. The molecule has 124 valence electrons. The number of thiophene rings is 1. The van der Waals surface area contributed by atoms with Crippen molar-refractivity contribution >= 4 is 50.6 Å². The average molecular weight is 423 g/mol. The number of aromatic nitrogens is 3. The molecule has 1 aromatic carbocycles. The molecular formula is C16H15BrN4OS2. The predicted molar refractivity (Wildman–Crippen MR) is 104 cm³/mol. The van der Waals surface area contributed by atoms with Gasteiger partial charge >= 0.3 is 0 Å². The number of nitrogens with one attached hydrogen (secondary N) is 1. The van der Waals surface area contributed by atoms with Gasteiger partial charge in [-0.25, -0.2) is 4.68 Å². The Morgan fingerprint density at radius 1 is 1.33 bits per heavy atom. The third-order valence-corrected chi connectivity index (χ3v) is 5.47. The third kappa shape index (κ3) is 3.88. The molecule has 1 N–H and O–H groups in total. The van der Waals surface area contributed by atoms with Crippen LogP contribution < -0.4 is 5.32 Å². The summed E-state index contributed by atoms with van der Waals surface area (Å²) in [6.45, 7) is 2.07. The van der Waals surface area contributed by atoms with Gasteiger partial charge in [-0.1, -0.05) is 34.1 Å². The van der Waals surface area contributed by atoms with Crippen molar-refractivity contribution in [3.05, 3.63) is 51.9 Å². The van der Waals surface area contributed by atoms with E-state index in [1.165, 1.54) is 0 Å². The maximum Gasteiger partial charge on any atom is 0.276 e. The Morgan fingerprint density at radius 3 is 2.79 bits per heavy atom. The summed E-state index contributed by atoms with van der Waals surface area (Å²) in [5.74, 6) is 1.34. The molecule has 0 unspecified atom stereocenters. The number of carbonyl (C=O) groups excluding carboxylic acids is 1. The van der Waals surface area contributed by atoms with Crippen molar-refractivity contribution in [1.29, 1.82) is 0 Å². The number of amides is 1. The van der Waals surface area contributed by atoms with Crippen molar-refractivity contribution in [2.45, 2.75) is 12.8 Å². The van der Waals surface area contributed by atoms with Gasteiger partial charge in [-0.05, 0) is 41.5 Å². The van der Waals surface area contributed by atoms with E-state index in [4.69, 9.17) is 0 Å². The third-order valence-electron chi connectivity index (χ3n) is 3.22. The number of nitrogens with zero attached hydrogens (tertiary/aromatic N) is 3. The number of carbonyl (C=O) groups is 1. The van der Waals surface area contributed by atoms with Gasteiger partial charge in [0.2, 0.25) is 0 Å². The highest BCUT2D eigenvalue weighted by atomic mass is 79.9. The van der Waals surface area contributed by atoms with E-state index in [9.17, 15) is 4.79 Å². The summed E-state index contributed by atoms with van der Waals surface area (Å²) in [5.41, 5.74) is 1.84. The van der Waals surface area contributed by atoms with Crippen LogP contribution in [0.5, 0.6) is 0 Å². The summed E-state index contributed by atoms with van der Waals surface area (Å²) in [6, 6.07) is 11.4. The van der Waals surface area contributed by atoms with E-state index in [0.29, 0.717) is 17.3 Å². The highest BCUT2D eigenvalue weighted by Gasteiger charge is 2.22. The molecule has 0 saturated carbocycles. The first-order valence-electron chi connectivity index (χ1n) is 7.31. The minimum atomic E-state index is -0.206.